The third-order valence-corrected chi connectivity index (χ3v) is 4.91. The first-order valence-electron chi connectivity index (χ1n) is 8.00. The third-order valence-electron chi connectivity index (χ3n) is 4.63. The van der Waals surface area contributed by atoms with Crippen LogP contribution in [0.5, 0.6) is 0 Å². The highest BCUT2D eigenvalue weighted by molar-refractivity contribution is 6.32. The fraction of sp³-hybridized carbons (Fsp3) is 0.222. The summed E-state index contributed by atoms with van der Waals surface area (Å²) in [6.07, 6.45) is 1.79. The number of rotatable bonds is 2. The van der Waals surface area contributed by atoms with E-state index in [2.05, 4.69) is 16.7 Å². The van der Waals surface area contributed by atoms with E-state index in [0.29, 0.717) is 27.9 Å². The average Bonchev–Trinajstić information content (AvgIpc) is 3.22. The summed E-state index contributed by atoms with van der Waals surface area (Å²) in [6.45, 7) is 3.93. The van der Waals surface area contributed by atoms with Crippen molar-refractivity contribution < 1.29 is 14.3 Å². The molecule has 6 nitrogen and oxygen atoms in total. The van der Waals surface area contributed by atoms with E-state index in [1.165, 1.54) is 4.90 Å². The highest BCUT2D eigenvalue weighted by Crippen LogP contribution is 2.40. The van der Waals surface area contributed by atoms with Crippen molar-refractivity contribution in [3.63, 3.8) is 0 Å². The molecular weight excluding hydrogens is 359 g/mol. The molecule has 3 aromatic rings. The van der Waals surface area contributed by atoms with Gasteiger partial charge in [0.25, 0.3) is 0 Å². The summed E-state index contributed by atoms with van der Waals surface area (Å²) in [5.41, 5.74) is 3.68. The van der Waals surface area contributed by atoms with Crippen molar-refractivity contribution in [2.24, 2.45) is 7.05 Å². The van der Waals surface area contributed by atoms with Crippen molar-refractivity contribution >= 4 is 34.0 Å². The number of hydrogen-bond acceptors (Lipinski definition) is 3. The first-order chi connectivity index (χ1) is 12.4. The van der Waals surface area contributed by atoms with Gasteiger partial charge in [0.2, 0.25) is 5.91 Å². The maximum absolute atomic E-state index is 14.7. The van der Waals surface area contributed by atoms with Gasteiger partial charge in [0.15, 0.2) is 5.82 Å². The largest absolute Gasteiger partial charge is 0.387 e. The van der Waals surface area contributed by atoms with E-state index in [9.17, 15) is 14.3 Å². The number of aromatic amines is 1. The maximum atomic E-state index is 14.7. The van der Waals surface area contributed by atoms with Crippen molar-refractivity contribution in [1.29, 1.82) is 0 Å². The molecule has 0 unspecified atom stereocenters. The van der Waals surface area contributed by atoms with Crippen LogP contribution >= 0.6 is 11.6 Å². The van der Waals surface area contributed by atoms with E-state index < -0.39 is 18.3 Å². The SMILES string of the molecule is C=C1CN(C(=O)CO)Cc2c1[nH]c1c(F)c(Cl)cc(-c3ccn(C)n3)c21. The van der Waals surface area contributed by atoms with Crippen LogP contribution in [0.4, 0.5) is 4.39 Å². The molecule has 0 spiro atoms. The van der Waals surface area contributed by atoms with Crippen molar-refractivity contribution in [3.8, 4) is 11.3 Å². The Bertz CT molecular complexity index is 1070. The van der Waals surface area contributed by atoms with E-state index in [1.807, 2.05) is 6.07 Å². The number of aliphatic hydroxyl groups is 1. The molecule has 0 radical (unpaired) electrons. The second-order valence-corrected chi connectivity index (χ2v) is 6.74. The molecule has 2 aromatic heterocycles. The summed E-state index contributed by atoms with van der Waals surface area (Å²) in [5, 5.41) is 14.2. The van der Waals surface area contributed by atoms with Gasteiger partial charge in [-0.05, 0) is 17.7 Å². The van der Waals surface area contributed by atoms with E-state index in [-0.39, 0.29) is 23.6 Å². The minimum absolute atomic E-state index is 0.00865. The summed E-state index contributed by atoms with van der Waals surface area (Å²) < 4.78 is 16.3. The van der Waals surface area contributed by atoms with Crippen LogP contribution in [-0.4, -0.2) is 43.8 Å². The number of aromatic nitrogens is 3. The van der Waals surface area contributed by atoms with Crippen molar-refractivity contribution in [1.82, 2.24) is 19.7 Å². The number of hydrogen-bond donors (Lipinski definition) is 2. The molecule has 0 bridgehead atoms. The van der Waals surface area contributed by atoms with Gasteiger partial charge in [-0.2, -0.15) is 5.10 Å². The lowest BCUT2D eigenvalue weighted by Crippen LogP contribution is -2.36. The van der Waals surface area contributed by atoms with E-state index in [1.54, 1.807) is 24.0 Å². The van der Waals surface area contributed by atoms with Crippen molar-refractivity contribution in [2.45, 2.75) is 6.54 Å². The van der Waals surface area contributed by atoms with Crippen molar-refractivity contribution in [3.05, 3.63) is 47.0 Å². The molecule has 8 heteroatoms. The topological polar surface area (TPSA) is 74.2 Å². The minimum atomic E-state index is -0.585. The highest BCUT2D eigenvalue weighted by atomic mass is 35.5. The Balaban J connectivity index is 2.01. The molecule has 0 atom stereocenters. The number of aryl methyl sites for hydroxylation is 1. The molecular formula is C18H16ClFN4O2. The average molecular weight is 375 g/mol. The van der Waals surface area contributed by atoms with Gasteiger partial charge in [-0.15, -0.1) is 0 Å². The van der Waals surface area contributed by atoms with Gasteiger partial charge in [0, 0.05) is 48.5 Å². The summed E-state index contributed by atoms with van der Waals surface area (Å²) in [6, 6.07) is 3.36. The molecule has 4 rings (SSSR count). The summed E-state index contributed by atoms with van der Waals surface area (Å²) in [5.74, 6) is -0.955. The predicted octanol–water partition coefficient (Wildman–Crippen LogP) is 2.71. The zero-order chi connectivity index (χ0) is 18.6. The van der Waals surface area contributed by atoms with Gasteiger partial charge in [0.1, 0.15) is 6.61 Å². The molecule has 0 saturated carbocycles. The van der Waals surface area contributed by atoms with Crippen LogP contribution in [-0.2, 0) is 18.4 Å². The lowest BCUT2D eigenvalue weighted by molar-refractivity contribution is -0.134. The molecule has 1 aliphatic heterocycles. The highest BCUT2D eigenvalue weighted by Gasteiger charge is 2.29. The number of halogens is 2. The number of benzene rings is 1. The summed E-state index contributed by atoms with van der Waals surface area (Å²) in [7, 11) is 1.79. The molecule has 1 aliphatic rings. The second-order valence-electron chi connectivity index (χ2n) is 6.33. The van der Waals surface area contributed by atoms with Gasteiger partial charge in [-0.25, -0.2) is 4.39 Å². The zero-order valence-corrected chi connectivity index (χ0v) is 14.8. The normalized spacial score (nSPS) is 14.2. The first-order valence-corrected chi connectivity index (χ1v) is 8.37. The molecule has 0 saturated heterocycles. The number of carbonyl (C=O) groups is 1. The molecule has 0 aliphatic carbocycles. The van der Waals surface area contributed by atoms with Crippen LogP contribution in [0.25, 0.3) is 27.7 Å². The Morgan fingerprint density at radius 1 is 1.50 bits per heavy atom. The zero-order valence-electron chi connectivity index (χ0n) is 14.0. The fourth-order valence-electron chi connectivity index (χ4n) is 3.44. The van der Waals surface area contributed by atoms with Crippen LogP contribution in [0.1, 0.15) is 11.3 Å². The second kappa shape index (κ2) is 5.96. The van der Waals surface area contributed by atoms with Crippen LogP contribution in [0, 0.1) is 5.82 Å². The number of aliphatic hydroxyl groups excluding tert-OH is 1. The minimum Gasteiger partial charge on any atom is -0.387 e. The lowest BCUT2D eigenvalue weighted by atomic mass is 9.97. The summed E-state index contributed by atoms with van der Waals surface area (Å²) in [4.78, 5) is 16.5. The Kier molecular flexibility index (Phi) is 3.86. The van der Waals surface area contributed by atoms with Gasteiger partial charge >= 0.3 is 0 Å². The number of nitrogens with zero attached hydrogens (tertiary/aromatic N) is 3. The van der Waals surface area contributed by atoms with E-state index in [0.717, 1.165) is 5.56 Å². The Labute approximate surface area is 153 Å². The van der Waals surface area contributed by atoms with Crippen LogP contribution in [0.15, 0.2) is 24.9 Å². The molecule has 1 aromatic carbocycles. The van der Waals surface area contributed by atoms with Gasteiger partial charge in [-0.3, -0.25) is 9.48 Å². The monoisotopic (exact) mass is 374 g/mol. The molecule has 134 valence electrons. The predicted molar refractivity (Wildman–Crippen MR) is 97.0 cm³/mol. The smallest absolute Gasteiger partial charge is 0.248 e. The fourth-order valence-corrected chi connectivity index (χ4v) is 3.64. The van der Waals surface area contributed by atoms with Crippen molar-refractivity contribution in [2.75, 3.05) is 13.2 Å². The quantitative estimate of drug-likeness (QED) is 0.724. The number of fused-ring (bicyclic) bond motifs is 3. The van der Waals surface area contributed by atoms with Gasteiger partial charge < -0.3 is 15.0 Å². The number of nitrogens with one attached hydrogen (secondary N) is 1. The van der Waals surface area contributed by atoms with Gasteiger partial charge in [0.05, 0.1) is 16.2 Å². The molecule has 26 heavy (non-hydrogen) atoms. The van der Waals surface area contributed by atoms with E-state index >= 15 is 0 Å². The Hall–Kier alpha value is -2.64. The third kappa shape index (κ3) is 2.43. The Morgan fingerprint density at radius 3 is 2.92 bits per heavy atom. The summed E-state index contributed by atoms with van der Waals surface area (Å²) >= 11 is 6.10. The van der Waals surface area contributed by atoms with E-state index in [4.69, 9.17) is 11.6 Å². The number of carbonyl (C=O) groups excluding carboxylic acids is 1. The lowest BCUT2D eigenvalue weighted by Gasteiger charge is -2.28. The Morgan fingerprint density at radius 2 is 2.27 bits per heavy atom. The molecule has 0 fully saturated rings. The molecule has 3 heterocycles. The van der Waals surface area contributed by atoms with Gasteiger partial charge in [-0.1, -0.05) is 18.2 Å². The van der Waals surface area contributed by atoms with Crippen LogP contribution < -0.4 is 0 Å². The number of amides is 1. The maximum Gasteiger partial charge on any atom is 0.248 e. The molecule has 1 amide bonds. The molecule has 2 N–H and O–H groups in total. The first kappa shape index (κ1) is 16.8. The standard InChI is InChI=1S/C18H16ClFN4O2/c1-9-6-24(14(26)8-25)7-11-15-10(13-3-4-23(2)22-13)5-12(19)16(20)18(15)21-17(9)11/h3-5,21,25H,1,6-8H2,2H3. The van der Waals surface area contributed by atoms with Crippen LogP contribution in [0.3, 0.4) is 0 Å². The van der Waals surface area contributed by atoms with Crippen LogP contribution in [0.2, 0.25) is 5.02 Å². The number of H-pyrrole nitrogens is 1.